The fourth-order valence-electron chi connectivity index (χ4n) is 2.39. The first-order valence-corrected chi connectivity index (χ1v) is 6.89. The number of piperidine rings is 1. The summed E-state index contributed by atoms with van der Waals surface area (Å²) in [6, 6.07) is 5.56. The van der Waals surface area contributed by atoms with E-state index in [0.29, 0.717) is 17.1 Å². The van der Waals surface area contributed by atoms with Gasteiger partial charge in [0.25, 0.3) is 0 Å². The largest absolute Gasteiger partial charge is 0.381 e. The standard InChI is InChI=1S/C14H20ClFN2/c1-10(2)18-7-5-12(6-8-18)17-14-4-3-11(16)9-13(14)15/h3-4,9-10,12,17H,5-8H2,1-2H3. The van der Waals surface area contributed by atoms with E-state index < -0.39 is 0 Å². The topological polar surface area (TPSA) is 15.3 Å². The summed E-state index contributed by atoms with van der Waals surface area (Å²) < 4.78 is 12.9. The number of hydrogen-bond acceptors (Lipinski definition) is 2. The zero-order chi connectivity index (χ0) is 13.1. The van der Waals surface area contributed by atoms with Crippen LogP contribution in [0.1, 0.15) is 26.7 Å². The molecule has 0 amide bonds. The van der Waals surface area contributed by atoms with Gasteiger partial charge in [-0.25, -0.2) is 4.39 Å². The van der Waals surface area contributed by atoms with E-state index in [1.807, 2.05) is 0 Å². The van der Waals surface area contributed by atoms with Crippen molar-refractivity contribution in [2.24, 2.45) is 0 Å². The number of rotatable bonds is 3. The molecule has 2 rings (SSSR count). The summed E-state index contributed by atoms with van der Waals surface area (Å²) in [5, 5.41) is 3.87. The highest BCUT2D eigenvalue weighted by atomic mass is 35.5. The predicted octanol–water partition coefficient (Wildman–Crippen LogP) is 3.76. The second kappa shape index (κ2) is 5.89. The molecule has 2 nitrogen and oxygen atoms in total. The third-order valence-corrected chi connectivity index (χ3v) is 3.86. The van der Waals surface area contributed by atoms with Gasteiger partial charge in [-0.2, -0.15) is 0 Å². The number of anilines is 1. The average molecular weight is 271 g/mol. The molecular weight excluding hydrogens is 251 g/mol. The Hall–Kier alpha value is -0.800. The van der Waals surface area contributed by atoms with Gasteiger partial charge in [0.15, 0.2) is 0 Å². The minimum atomic E-state index is -0.292. The van der Waals surface area contributed by atoms with E-state index in [0.717, 1.165) is 31.6 Å². The molecule has 1 heterocycles. The lowest BCUT2D eigenvalue weighted by Crippen LogP contribution is -2.42. The van der Waals surface area contributed by atoms with Crippen LogP contribution in [0.2, 0.25) is 5.02 Å². The lowest BCUT2D eigenvalue weighted by molar-refractivity contribution is 0.177. The second-order valence-electron chi connectivity index (χ2n) is 5.17. The molecule has 100 valence electrons. The monoisotopic (exact) mass is 270 g/mol. The third-order valence-electron chi connectivity index (χ3n) is 3.55. The van der Waals surface area contributed by atoms with Crippen LogP contribution in [-0.2, 0) is 0 Å². The van der Waals surface area contributed by atoms with Gasteiger partial charge in [0, 0.05) is 25.2 Å². The summed E-state index contributed by atoms with van der Waals surface area (Å²) in [5.41, 5.74) is 0.834. The van der Waals surface area contributed by atoms with Crippen LogP contribution in [0.15, 0.2) is 18.2 Å². The smallest absolute Gasteiger partial charge is 0.124 e. The van der Waals surface area contributed by atoms with E-state index in [2.05, 4.69) is 24.1 Å². The zero-order valence-corrected chi connectivity index (χ0v) is 11.7. The third kappa shape index (κ3) is 3.36. The predicted molar refractivity (Wildman–Crippen MR) is 74.8 cm³/mol. The van der Waals surface area contributed by atoms with Crippen molar-refractivity contribution in [3.8, 4) is 0 Å². The minimum absolute atomic E-state index is 0.292. The lowest BCUT2D eigenvalue weighted by Gasteiger charge is -2.35. The molecule has 1 aliphatic heterocycles. The molecule has 0 aromatic heterocycles. The Balaban J connectivity index is 1.91. The van der Waals surface area contributed by atoms with Crippen LogP contribution in [0.4, 0.5) is 10.1 Å². The Labute approximate surface area is 113 Å². The summed E-state index contributed by atoms with van der Waals surface area (Å²) in [6.45, 7) is 6.66. The molecule has 0 unspecified atom stereocenters. The van der Waals surface area contributed by atoms with Gasteiger partial charge in [0.2, 0.25) is 0 Å². The van der Waals surface area contributed by atoms with Crippen molar-refractivity contribution in [1.29, 1.82) is 0 Å². The van der Waals surface area contributed by atoms with Crippen LogP contribution in [0.3, 0.4) is 0 Å². The zero-order valence-electron chi connectivity index (χ0n) is 10.9. The number of benzene rings is 1. The van der Waals surface area contributed by atoms with E-state index >= 15 is 0 Å². The lowest BCUT2D eigenvalue weighted by atomic mass is 10.0. The van der Waals surface area contributed by atoms with E-state index in [9.17, 15) is 4.39 Å². The quantitative estimate of drug-likeness (QED) is 0.900. The summed E-state index contributed by atoms with van der Waals surface area (Å²) >= 11 is 6.01. The van der Waals surface area contributed by atoms with Crippen LogP contribution in [0, 0.1) is 5.82 Å². The summed E-state index contributed by atoms with van der Waals surface area (Å²) in [7, 11) is 0. The highest BCUT2D eigenvalue weighted by Crippen LogP contribution is 2.25. The average Bonchev–Trinajstić information content (AvgIpc) is 2.33. The van der Waals surface area contributed by atoms with Crippen molar-refractivity contribution in [2.45, 2.75) is 38.8 Å². The van der Waals surface area contributed by atoms with Crippen molar-refractivity contribution >= 4 is 17.3 Å². The van der Waals surface area contributed by atoms with Gasteiger partial charge in [-0.1, -0.05) is 11.6 Å². The molecule has 1 aliphatic rings. The highest BCUT2D eigenvalue weighted by molar-refractivity contribution is 6.33. The molecule has 1 aromatic rings. The molecule has 0 atom stereocenters. The van der Waals surface area contributed by atoms with Crippen LogP contribution in [-0.4, -0.2) is 30.1 Å². The van der Waals surface area contributed by atoms with E-state index in [1.165, 1.54) is 12.1 Å². The SMILES string of the molecule is CC(C)N1CCC(Nc2ccc(F)cc2Cl)CC1. The van der Waals surface area contributed by atoms with Crippen LogP contribution in [0.25, 0.3) is 0 Å². The first-order valence-electron chi connectivity index (χ1n) is 6.52. The molecule has 1 N–H and O–H groups in total. The molecule has 18 heavy (non-hydrogen) atoms. The van der Waals surface area contributed by atoms with Crippen molar-refractivity contribution in [3.05, 3.63) is 29.0 Å². The summed E-state index contributed by atoms with van der Waals surface area (Å²) in [6.07, 6.45) is 2.21. The Morgan fingerprint density at radius 1 is 1.33 bits per heavy atom. The molecule has 0 bridgehead atoms. The van der Waals surface area contributed by atoms with Gasteiger partial charge in [-0.15, -0.1) is 0 Å². The maximum absolute atomic E-state index is 12.9. The van der Waals surface area contributed by atoms with E-state index in [4.69, 9.17) is 11.6 Å². The first-order chi connectivity index (χ1) is 8.56. The fourth-order valence-corrected chi connectivity index (χ4v) is 2.61. The number of halogens is 2. The molecular formula is C14H20ClFN2. The van der Waals surface area contributed by atoms with Crippen molar-refractivity contribution < 1.29 is 4.39 Å². The molecule has 1 fully saturated rings. The molecule has 1 aromatic carbocycles. The highest BCUT2D eigenvalue weighted by Gasteiger charge is 2.21. The number of nitrogens with one attached hydrogen (secondary N) is 1. The van der Waals surface area contributed by atoms with Gasteiger partial charge in [0.1, 0.15) is 5.82 Å². The molecule has 0 saturated carbocycles. The van der Waals surface area contributed by atoms with E-state index in [-0.39, 0.29) is 5.82 Å². The van der Waals surface area contributed by atoms with Gasteiger partial charge >= 0.3 is 0 Å². The van der Waals surface area contributed by atoms with Crippen LogP contribution in [0.5, 0.6) is 0 Å². The molecule has 0 radical (unpaired) electrons. The number of hydrogen-bond donors (Lipinski definition) is 1. The van der Waals surface area contributed by atoms with Crippen molar-refractivity contribution in [1.82, 2.24) is 4.90 Å². The summed E-state index contributed by atoms with van der Waals surface area (Å²) in [4.78, 5) is 2.48. The normalized spacial score (nSPS) is 18.3. The Morgan fingerprint density at radius 3 is 2.56 bits per heavy atom. The van der Waals surface area contributed by atoms with Crippen LogP contribution >= 0.6 is 11.6 Å². The maximum Gasteiger partial charge on any atom is 0.124 e. The molecule has 1 saturated heterocycles. The van der Waals surface area contributed by atoms with Gasteiger partial charge in [0.05, 0.1) is 10.7 Å². The second-order valence-corrected chi connectivity index (χ2v) is 5.58. The van der Waals surface area contributed by atoms with Gasteiger partial charge < -0.3 is 10.2 Å². The first kappa shape index (κ1) is 13.6. The molecule has 0 spiro atoms. The fraction of sp³-hybridized carbons (Fsp3) is 0.571. The van der Waals surface area contributed by atoms with Gasteiger partial charge in [-0.3, -0.25) is 0 Å². The van der Waals surface area contributed by atoms with Crippen molar-refractivity contribution in [3.63, 3.8) is 0 Å². The Morgan fingerprint density at radius 2 is 2.00 bits per heavy atom. The van der Waals surface area contributed by atoms with E-state index in [1.54, 1.807) is 6.07 Å². The number of likely N-dealkylation sites (tertiary alicyclic amines) is 1. The maximum atomic E-state index is 12.9. The van der Waals surface area contributed by atoms with Crippen LogP contribution < -0.4 is 5.32 Å². The molecule has 0 aliphatic carbocycles. The summed E-state index contributed by atoms with van der Waals surface area (Å²) in [5.74, 6) is -0.292. The van der Waals surface area contributed by atoms with Crippen molar-refractivity contribution in [2.75, 3.05) is 18.4 Å². The number of nitrogens with zero attached hydrogens (tertiary/aromatic N) is 1. The Kier molecular flexibility index (Phi) is 4.46. The molecule has 4 heteroatoms. The van der Waals surface area contributed by atoms with Gasteiger partial charge in [-0.05, 0) is 44.9 Å². The minimum Gasteiger partial charge on any atom is -0.381 e. The Bertz CT molecular complexity index is 401.